The van der Waals surface area contributed by atoms with Crippen molar-refractivity contribution in [1.29, 1.82) is 0 Å². The van der Waals surface area contributed by atoms with E-state index in [2.05, 4.69) is 10.3 Å². The third-order valence-corrected chi connectivity index (χ3v) is 2.65. The third kappa shape index (κ3) is 3.47. The molecule has 2 N–H and O–H groups in total. The normalized spacial score (nSPS) is 11.9. The van der Waals surface area contributed by atoms with Gasteiger partial charge in [0.1, 0.15) is 11.9 Å². The quantitative estimate of drug-likeness (QED) is 0.797. The van der Waals surface area contributed by atoms with Crippen molar-refractivity contribution in [3.05, 3.63) is 18.2 Å². The van der Waals surface area contributed by atoms with E-state index in [0.29, 0.717) is 13.0 Å². The Morgan fingerprint density at radius 2 is 2.28 bits per heavy atom. The Morgan fingerprint density at radius 1 is 1.61 bits per heavy atom. The zero-order valence-corrected chi connectivity index (χ0v) is 10.8. The average molecular weight is 254 g/mol. The van der Waals surface area contributed by atoms with Crippen molar-refractivity contribution in [1.82, 2.24) is 19.8 Å². The van der Waals surface area contributed by atoms with Gasteiger partial charge in [0.25, 0.3) is 0 Å². The molecule has 1 aromatic heterocycles. The second kappa shape index (κ2) is 6.04. The standard InChI is InChI=1S/C11H18N4O3/c1-4-8(10(16)17)13-11(18)15(3)7-9-12-5-6-14(9)2/h5-6,8H,4,7H2,1-3H3,(H,13,18)(H,16,17). The van der Waals surface area contributed by atoms with E-state index >= 15 is 0 Å². The molecular weight excluding hydrogens is 236 g/mol. The van der Waals surface area contributed by atoms with Crippen LogP contribution in [-0.4, -0.2) is 44.6 Å². The number of aliphatic carboxylic acids is 1. The van der Waals surface area contributed by atoms with Crippen LogP contribution in [0, 0.1) is 0 Å². The molecule has 0 radical (unpaired) electrons. The number of amides is 2. The number of rotatable bonds is 5. The summed E-state index contributed by atoms with van der Waals surface area (Å²) in [5.74, 6) is -0.299. The molecule has 1 aromatic rings. The van der Waals surface area contributed by atoms with Crippen molar-refractivity contribution in [2.45, 2.75) is 25.9 Å². The highest BCUT2D eigenvalue weighted by Crippen LogP contribution is 2.00. The number of hydrogen-bond donors (Lipinski definition) is 2. The molecule has 1 heterocycles. The molecule has 0 fully saturated rings. The molecule has 0 aliphatic rings. The summed E-state index contributed by atoms with van der Waals surface area (Å²) in [6.07, 6.45) is 3.78. The minimum atomic E-state index is -1.03. The lowest BCUT2D eigenvalue weighted by molar-refractivity contribution is -0.139. The van der Waals surface area contributed by atoms with Gasteiger partial charge >= 0.3 is 12.0 Å². The molecule has 1 rings (SSSR count). The van der Waals surface area contributed by atoms with Crippen LogP contribution >= 0.6 is 0 Å². The van der Waals surface area contributed by atoms with E-state index in [0.717, 1.165) is 5.82 Å². The van der Waals surface area contributed by atoms with Gasteiger partial charge in [0.2, 0.25) is 0 Å². The first-order valence-corrected chi connectivity index (χ1v) is 5.66. The van der Waals surface area contributed by atoms with Crippen molar-refractivity contribution in [2.24, 2.45) is 7.05 Å². The van der Waals surface area contributed by atoms with Crippen LogP contribution in [0.3, 0.4) is 0 Å². The van der Waals surface area contributed by atoms with Gasteiger partial charge in [0.15, 0.2) is 0 Å². The number of carbonyl (C=O) groups excluding carboxylic acids is 1. The maximum atomic E-state index is 11.8. The Kier molecular flexibility index (Phi) is 4.70. The minimum Gasteiger partial charge on any atom is -0.480 e. The fraction of sp³-hybridized carbons (Fsp3) is 0.545. The fourth-order valence-corrected chi connectivity index (χ4v) is 1.43. The summed E-state index contributed by atoms with van der Waals surface area (Å²) in [6, 6.07) is -1.28. The smallest absolute Gasteiger partial charge is 0.326 e. The lowest BCUT2D eigenvalue weighted by atomic mass is 10.2. The molecular formula is C11H18N4O3. The van der Waals surface area contributed by atoms with Crippen LogP contribution in [0.4, 0.5) is 4.79 Å². The molecule has 7 nitrogen and oxygen atoms in total. The van der Waals surface area contributed by atoms with Gasteiger partial charge in [0.05, 0.1) is 6.54 Å². The summed E-state index contributed by atoms with van der Waals surface area (Å²) >= 11 is 0. The van der Waals surface area contributed by atoms with Gasteiger partial charge in [-0.25, -0.2) is 14.6 Å². The largest absolute Gasteiger partial charge is 0.480 e. The number of urea groups is 1. The lowest BCUT2D eigenvalue weighted by Gasteiger charge is -2.20. The summed E-state index contributed by atoms with van der Waals surface area (Å²) in [6.45, 7) is 2.03. The summed E-state index contributed by atoms with van der Waals surface area (Å²) in [5, 5.41) is 11.3. The maximum absolute atomic E-state index is 11.8. The van der Waals surface area contributed by atoms with Crippen molar-refractivity contribution < 1.29 is 14.7 Å². The van der Waals surface area contributed by atoms with E-state index in [1.807, 2.05) is 7.05 Å². The number of carboxylic acid groups (broad SMARTS) is 1. The Balaban J connectivity index is 2.56. The van der Waals surface area contributed by atoms with Gasteiger partial charge in [0, 0.05) is 26.5 Å². The number of nitrogens with zero attached hydrogens (tertiary/aromatic N) is 3. The predicted octanol–water partition coefficient (Wildman–Crippen LogP) is 0.425. The minimum absolute atomic E-state index is 0.325. The highest BCUT2D eigenvalue weighted by Gasteiger charge is 2.20. The van der Waals surface area contributed by atoms with Crippen molar-refractivity contribution in [2.75, 3.05) is 7.05 Å². The van der Waals surface area contributed by atoms with Crippen LogP contribution in [0.1, 0.15) is 19.2 Å². The monoisotopic (exact) mass is 254 g/mol. The zero-order chi connectivity index (χ0) is 13.7. The Hall–Kier alpha value is -2.05. The van der Waals surface area contributed by atoms with Gasteiger partial charge in [-0.05, 0) is 6.42 Å². The highest BCUT2D eigenvalue weighted by molar-refractivity contribution is 5.82. The second-order valence-electron chi connectivity index (χ2n) is 4.06. The molecule has 2 amide bonds. The first-order chi connectivity index (χ1) is 8.45. The third-order valence-electron chi connectivity index (χ3n) is 2.65. The molecule has 7 heteroatoms. The zero-order valence-electron chi connectivity index (χ0n) is 10.8. The number of imidazole rings is 1. The Labute approximate surface area is 105 Å². The molecule has 18 heavy (non-hydrogen) atoms. The van der Waals surface area contributed by atoms with Crippen LogP contribution in [0.25, 0.3) is 0 Å². The number of carboxylic acids is 1. The van der Waals surface area contributed by atoms with E-state index < -0.39 is 18.0 Å². The average Bonchev–Trinajstić information content (AvgIpc) is 2.71. The van der Waals surface area contributed by atoms with Gasteiger partial charge in [-0.3, -0.25) is 0 Å². The van der Waals surface area contributed by atoms with Crippen LogP contribution in [0.2, 0.25) is 0 Å². The van der Waals surface area contributed by atoms with Crippen LogP contribution in [0.5, 0.6) is 0 Å². The van der Waals surface area contributed by atoms with E-state index in [-0.39, 0.29) is 0 Å². The topological polar surface area (TPSA) is 87.5 Å². The number of hydrogen-bond acceptors (Lipinski definition) is 3. The summed E-state index contributed by atoms with van der Waals surface area (Å²) in [7, 11) is 3.43. The van der Waals surface area contributed by atoms with Gasteiger partial charge in [-0.2, -0.15) is 0 Å². The summed E-state index contributed by atoms with van der Waals surface area (Å²) in [4.78, 5) is 28.1. The Bertz CT molecular complexity index is 430. The SMILES string of the molecule is CCC(NC(=O)N(C)Cc1nccn1C)C(=O)O. The fourth-order valence-electron chi connectivity index (χ4n) is 1.43. The predicted molar refractivity (Wildman–Crippen MR) is 64.9 cm³/mol. The van der Waals surface area contributed by atoms with E-state index in [4.69, 9.17) is 5.11 Å². The van der Waals surface area contributed by atoms with Gasteiger partial charge in [-0.15, -0.1) is 0 Å². The van der Waals surface area contributed by atoms with Crippen LogP contribution < -0.4 is 5.32 Å². The molecule has 0 bridgehead atoms. The molecule has 100 valence electrons. The molecule has 1 atom stereocenters. The van der Waals surface area contributed by atoms with E-state index in [1.54, 1.807) is 30.9 Å². The number of nitrogens with one attached hydrogen (secondary N) is 1. The molecule has 0 spiro atoms. The molecule has 0 saturated carbocycles. The molecule has 0 aromatic carbocycles. The first-order valence-electron chi connectivity index (χ1n) is 5.66. The van der Waals surface area contributed by atoms with Crippen molar-refractivity contribution in [3.63, 3.8) is 0 Å². The first kappa shape index (κ1) is 14.0. The second-order valence-corrected chi connectivity index (χ2v) is 4.06. The highest BCUT2D eigenvalue weighted by atomic mass is 16.4. The number of aromatic nitrogens is 2. The summed E-state index contributed by atoms with van der Waals surface area (Å²) in [5.41, 5.74) is 0. The Morgan fingerprint density at radius 3 is 2.72 bits per heavy atom. The van der Waals surface area contributed by atoms with Crippen molar-refractivity contribution >= 4 is 12.0 Å². The maximum Gasteiger partial charge on any atom is 0.326 e. The van der Waals surface area contributed by atoms with Crippen LogP contribution in [-0.2, 0) is 18.4 Å². The van der Waals surface area contributed by atoms with E-state index in [1.165, 1.54) is 4.90 Å². The number of aryl methyl sites for hydroxylation is 1. The lowest BCUT2D eigenvalue weighted by Crippen LogP contribution is -2.46. The summed E-state index contributed by atoms with van der Waals surface area (Å²) < 4.78 is 1.80. The molecule has 1 unspecified atom stereocenters. The van der Waals surface area contributed by atoms with E-state index in [9.17, 15) is 9.59 Å². The van der Waals surface area contributed by atoms with Crippen molar-refractivity contribution in [3.8, 4) is 0 Å². The molecule has 0 aliphatic carbocycles. The van der Waals surface area contributed by atoms with Crippen LogP contribution in [0.15, 0.2) is 12.4 Å². The molecule has 0 aliphatic heterocycles. The molecule has 0 saturated heterocycles. The number of carbonyl (C=O) groups is 2. The van der Waals surface area contributed by atoms with Gasteiger partial charge in [-0.1, -0.05) is 6.92 Å². The van der Waals surface area contributed by atoms with Gasteiger partial charge < -0.3 is 19.9 Å².